The van der Waals surface area contributed by atoms with E-state index in [4.69, 9.17) is 4.74 Å². The molecule has 1 saturated heterocycles. The number of hydrogen-bond donors (Lipinski definition) is 1. The van der Waals surface area contributed by atoms with Crippen LogP contribution in [0.15, 0.2) is 6.33 Å². The maximum Gasteiger partial charge on any atom is 0.348 e. The number of carbonyl (C=O) groups is 1. The largest absolute Gasteiger partial charge is 0.465 e. The third kappa shape index (κ3) is 2.12. The number of nitrogens with one attached hydrogen (secondary N) is 1. The molecule has 1 aliphatic rings. The summed E-state index contributed by atoms with van der Waals surface area (Å²) in [4.78, 5) is 24.2. The maximum atomic E-state index is 11.8. The molecule has 6 nitrogen and oxygen atoms in total. The third-order valence-corrected chi connectivity index (χ3v) is 4.67. The molecule has 3 rings (SSSR count). The Hall–Kier alpha value is -1.73. The summed E-state index contributed by atoms with van der Waals surface area (Å²) in [6.07, 6.45) is 1.57. The van der Waals surface area contributed by atoms with Crippen LogP contribution in [-0.4, -0.2) is 49.2 Å². The van der Waals surface area contributed by atoms with E-state index < -0.39 is 0 Å². The van der Waals surface area contributed by atoms with Gasteiger partial charge in [-0.15, -0.1) is 11.3 Å². The monoisotopic (exact) mass is 292 g/mol. The fourth-order valence-corrected chi connectivity index (χ4v) is 3.52. The van der Waals surface area contributed by atoms with Gasteiger partial charge in [-0.05, 0) is 12.5 Å². The van der Waals surface area contributed by atoms with Gasteiger partial charge in [-0.2, -0.15) is 0 Å². The van der Waals surface area contributed by atoms with Crippen molar-refractivity contribution >= 4 is 33.3 Å². The summed E-state index contributed by atoms with van der Waals surface area (Å²) in [7, 11) is 1.40. The van der Waals surface area contributed by atoms with Gasteiger partial charge < -0.3 is 15.0 Å². The van der Waals surface area contributed by atoms with Gasteiger partial charge in [0, 0.05) is 26.2 Å². The Morgan fingerprint density at radius 2 is 2.15 bits per heavy atom. The van der Waals surface area contributed by atoms with Crippen molar-refractivity contribution in [2.75, 3.05) is 38.2 Å². The molecule has 3 heterocycles. The zero-order valence-corrected chi connectivity index (χ0v) is 12.3. The average Bonchev–Trinajstić information content (AvgIpc) is 2.85. The number of thiophene rings is 1. The Balaban J connectivity index is 2.13. The van der Waals surface area contributed by atoms with Crippen LogP contribution in [0.25, 0.3) is 10.2 Å². The summed E-state index contributed by atoms with van der Waals surface area (Å²) in [5.74, 6) is 0.608. The second kappa shape index (κ2) is 5.34. The van der Waals surface area contributed by atoms with E-state index in [0.29, 0.717) is 4.88 Å². The number of fused-ring (bicyclic) bond motifs is 1. The Labute approximate surface area is 120 Å². The molecule has 1 N–H and O–H groups in total. The molecule has 0 bridgehead atoms. The van der Waals surface area contributed by atoms with E-state index in [9.17, 15) is 4.79 Å². The lowest BCUT2D eigenvalue weighted by atomic mass is 10.2. The molecule has 0 aromatic carbocycles. The summed E-state index contributed by atoms with van der Waals surface area (Å²) < 4.78 is 4.83. The lowest BCUT2D eigenvalue weighted by Gasteiger charge is -2.28. The van der Waals surface area contributed by atoms with Gasteiger partial charge in [0.1, 0.15) is 21.9 Å². The molecule has 106 valence electrons. The van der Waals surface area contributed by atoms with Crippen molar-refractivity contribution in [3.8, 4) is 0 Å². The summed E-state index contributed by atoms with van der Waals surface area (Å²) in [5.41, 5.74) is 0.908. The molecule has 0 aliphatic carbocycles. The van der Waals surface area contributed by atoms with Gasteiger partial charge >= 0.3 is 5.97 Å². The highest BCUT2D eigenvalue weighted by Crippen LogP contribution is 2.35. The molecule has 0 amide bonds. The molecule has 0 unspecified atom stereocenters. The van der Waals surface area contributed by atoms with E-state index in [-0.39, 0.29) is 5.97 Å². The predicted molar refractivity (Wildman–Crippen MR) is 78.6 cm³/mol. The minimum atomic E-state index is -0.309. The van der Waals surface area contributed by atoms with Crippen molar-refractivity contribution in [2.45, 2.75) is 6.92 Å². The molecular formula is C13H16N4O2S. The number of nitrogens with zero attached hydrogens (tertiary/aromatic N) is 3. The van der Waals surface area contributed by atoms with E-state index in [1.165, 1.54) is 18.4 Å². The van der Waals surface area contributed by atoms with Gasteiger partial charge in [0.2, 0.25) is 0 Å². The van der Waals surface area contributed by atoms with Crippen LogP contribution in [0.4, 0.5) is 5.82 Å². The SMILES string of the molecule is COC(=O)c1sc2ncnc(N3CCNCC3)c2c1C. The lowest BCUT2D eigenvalue weighted by Crippen LogP contribution is -2.44. The predicted octanol–water partition coefficient (Wildman–Crippen LogP) is 1.20. The molecule has 7 heteroatoms. The molecule has 1 aliphatic heterocycles. The standard InChI is InChI=1S/C13H16N4O2S/c1-8-9-11(17-5-3-14-4-6-17)15-7-16-12(9)20-10(8)13(18)19-2/h7,14H,3-6H2,1-2H3. The number of carbonyl (C=O) groups excluding carboxylic acids is 1. The number of aryl methyl sites for hydroxylation is 1. The van der Waals surface area contributed by atoms with Crippen molar-refractivity contribution in [3.63, 3.8) is 0 Å². The van der Waals surface area contributed by atoms with Gasteiger partial charge in [-0.3, -0.25) is 0 Å². The summed E-state index contributed by atoms with van der Waals surface area (Å²) in [6.45, 7) is 5.64. The fraction of sp³-hybridized carbons (Fsp3) is 0.462. The van der Waals surface area contributed by atoms with Crippen LogP contribution in [0.1, 0.15) is 15.2 Å². The van der Waals surface area contributed by atoms with Crippen molar-refractivity contribution < 1.29 is 9.53 Å². The Morgan fingerprint density at radius 1 is 1.40 bits per heavy atom. The van der Waals surface area contributed by atoms with Crippen LogP contribution < -0.4 is 10.2 Å². The Morgan fingerprint density at radius 3 is 2.85 bits per heavy atom. The smallest absolute Gasteiger partial charge is 0.348 e. The quantitative estimate of drug-likeness (QED) is 0.839. The van der Waals surface area contributed by atoms with Gasteiger partial charge in [0.25, 0.3) is 0 Å². The summed E-state index contributed by atoms with van der Waals surface area (Å²) in [5, 5.41) is 4.30. The molecule has 2 aromatic heterocycles. The highest BCUT2D eigenvalue weighted by molar-refractivity contribution is 7.20. The van der Waals surface area contributed by atoms with E-state index in [1.807, 2.05) is 6.92 Å². The summed E-state index contributed by atoms with van der Waals surface area (Å²) >= 11 is 1.37. The molecule has 1 fully saturated rings. The van der Waals surface area contributed by atoms with Crippen LogP contribution in [0.5, 0.6) is 0 Å². The highest BCUT2D eigenvalue weighted by atomic mass is 32.1. The second-order valence-electron chi connectivity index (χ2n) is 4.66. The van der Waals surface area contributed by atoms with E-state index >= 15 is 0 Å². The number of esters is 1. The first kappa shape index (κ1) is 13.3. The topological polar surface area (TPSA) is 67.3 Å². The fourth-order valence-electron chi connectivity index (χ4n) is 2.46. The van der Waals surface area contributed by atoms with Crippen LogP contribution in [0.3, 0.4) is 0 Å². The van der Waals surface area contributed by atoms with Crippen LogP contribution in [0.2, 0.25) is 0 Å². The number of aromatic nitrogens is 2. The highest BCUT2D eigenvalue weighted by Gasteiger charge is 2.22. The minimum Gasteiger partial charge on any atom is -0.465 e. The Kier molecular flexibility index (Phi) is 3.54. The Bertz CT molecular complexity index is 649. The second-order valence-corrected chi connectivity index (χ2v) is 5.66. The number of methoxy groups -OCH3 is 1. The van der Waals surface area contributed by atoms with Gasteiger partial charge in [-0.1, -0.05) is 0 Å². The van der Waals surface area contributed by atoms with Gasteiger partial charge in [0.15, 0.2) is 0 Å². The van der Waals surface area contributed by atoms with Gasteiger partial charge in [-0.25, -0.2) is 14.8 Å². The van der Waals surface area contributed by atoms with Crippen molar-refractivity contribution in [3.05, 3.63) is 16.8 Å². The normalized spacial score (nSPS) is 15.6. The van der Waals surface area contributed by atoms with E-state index in [0.717, 1.165) is 47.8 Å². The van der Waals surface area contributed by atoms with Crippen molar-refractivity contribution in [2.24, 2.45) is 0 Å². The number of ether oxygens (including phenoxy) is 1. The lowest BCUT2D eigenvalue weighted by molar-refractivity contribution is 0.0605. The van der Waals surface area contributed by atoms with Crippen molar-refractivity contribution in [1.82, 2.24) is 15.3 Å². The number of rotatable bonds is 2. The molecule has 0 spiro atoms. The van der Waals surface area contributed by atoms with Crippen molar-refractivity contribution in [1.29, 1.82) is 0 Å². The first-order chi connectivity index (χ1) is 9.72. The zero-order chi connectivity index (χ0) is 14.1. The number of hydrogen-bond acceptors (Lipinski definition) is 7. The summed E-state index contributed by atoms with van der Waals surface area (Å²) in [6, 6.07) is 0. The third-order valence-electron chi connectivity index (χ3n) is 3.49. The molecule has 0 saturated carbocycles. The van der Waals surface area contributed by atoms with Crippen LogP contribution in [0, 0.1) is 6.92 Å². The molecule has 0 atom stereocenters. The average molecular weight is 292 g/mol. The first-order valence-electron chi connectivity index (χ1n) is 6.50. The van der Waals surface area contributed by atoms with Gasteiger partial charge in [0.05, 0.1) is 12.5 Å². The van der Waals surface area contributed by atoms with Crippen LogP contribution in [-0.2, 0) is 4.74 Å². The van der Waals surface area contributed by atoms with E-state index in [2.05, 4.69) is 20.2 Å². The molecule has 0 radical (unpaired) electrons. The number of piperazine rings is 1. The molecular weight excluding hydrogens is 276 g/mol. The number of anilines is 1. The minimum absolute atomic E-state index is 0.309. The van der Waals surface area contributed by atoms with Crippen LogP contribution >= 0.6 is 11.3 Å². The first-order valence-corrected chi connectivity index (χ1v) is 7.32. The zero-order valence-electron chi connectivity index (χ0n) is 11.5. The molecule has 2 aromatic rings. The van der Waals surface area contributed by atoms with E-state index in [1.54, 1.807) is 6.33 Å². The maximum absolute atomic E-state index is 11.8. The molecule has 20 heavy (non-hydrogen) atoms.